The highest BCUT2D eigenvalue weighted by Crippen LogP contribution is 2.43. The van der Waals surface area contributed by atoms with Gasteiger partial charge in [-0.25, -0.2) is 8.78 Å². The average molecular weight is 356 g/mol. The smallest absolute Gasteiger partial charge is 0.191 e. The molecule has 6 nitrogen and oxygen atoms in total. The number of halogens is 2. The Balaban J connectivity index is 1.39. The molecule has 0 radical (unpaired) electrons. The molecule has 4 rings (SSSR count). The number of nitrogens with zero attached hydrogens (tertiary/aromatic N) is 4. The Hall–Kier alpha value is -3.03. The standard InChI is InChI=1S/C18H18F2N6/c1-21-18(22-10-16-25-24-15-7-2-3-8-26(15)16)23-14-9-11(14)17-12(19)5-4-6-13(17)20/h2-8,11,14H,9-10H2,1H3,(H2,21,22,23). The minimum atomic E-state index is -0.503. The van der Waals surface area contributed by atoms with Gasteiger partial charge in [-0.1, -0.05) is 12.1 Å². The minimum absolute atomic E-state index is 0.0530. The second-order valence-corrected chi connectivity index (χ2v) is 6.20. The van der Waals surface area contributed by atoms with E-state index < -0.39 is 11.6 Å². The number of fused-ring (bicyclic) bond motifs is 1. The molecule has 1 aliphatic carbocycles. The monoisotopic (exact) mass is 356 g/mol. The van der Waals surface area contributed by atoms with Crippen molar-refractivity contribution >= 4 is 11.6 Å². The van der Waals surface area contributed by atoms with Gasteiger partial charge in [0.05, 0.1) is 6.54 Å². The van der Waals surface area contributed by atoms with Crippen LogP contribution in [0.3, 0.4) is 0 Å². The largest absolute Gasteiger partial charge is 0.353 e. The fourth-order valence-electron chi connectivity index (χ4n) is 3.08. The van der Waals surface area contributed by atoms with Crippen molar-refractivity contribution in [1.29, 1.82) is 0 Å². The van der Waals surface area contributed by atoms with E-state index in [0.717, 1.165) is 11.5 Å². The summed E-state index contributed by atoms with van der Waals surface area (Å²) in [6.07, 6.45) is 2.55. The summed E-state index contributed by atoms with van der Waals surface area (Å²) < 4.78 is 29.7. The molecule has 26 heavy (non-hydrogen) atoms. The van der Waals surface area contributed by atoms with Crippen LogP contribution in [0.1, 0.15) is 23.7 Å². The second kappa shape index (κ2) is 6.70. The molecule has 134 valence electrons. The zero-order valence-corrected chi connectivity index (χ0v) is 14.2. The lowest BCUT2D eigenvalue weighted by Crippen LogP contribution is -2.39. The van der Waals surface area contributed by atoms with Crippen LogP contribution in [0.2, 0.25) is 0 Å². The van der Waals surface area contributed by atoms with Crippen LogP contribution in [0, 0.1) is 11.6 Å². The van der Waals surface area contributed by atoms with Gasteiger partial charge < -0.3 is 10.6 Å². The molecule has 2 atom stereocenters. The van der Waals surface area contributed by atoms with E-state index in [1.165, 1.54) is 18.2 Å². The summed E-state index contributed by atoms with van der Waals surface area (Å²) in [6, 6.07) is 9.59. The summed E-state index contributed by atoms with van der Waals surface area (Å²) in [7, 11) is 1.65. The number of aromatic nitrogens is 3. The van der Waals surface area contributed by atoms with Crippen molar-refractivity contribution in [3.8, 4) is 0 Å². The number of hydrogen-bond donors (Lipinski definition) is 2. The topological polar surface area (TPSA) is 66.6 Å². The van der Waals surface area contributed by atoms with E-state index >= 15 is 0 Å². The van der Waals surface area contributed by atoms with Gasteiger partial charge in [0.25, 0.3) is 0 Å². The average Bonchev–Trinajstić information content (AvgIpc) is 3.26. The summed E-state index contributed by atoms with van der Waals surface area (Å²) >= 11 is 0. The first-order valence-corrected chi connectivity index (χ1v) is 8.37. The molecule has 0 saturated heterocycles. The molecule has 2 heterocycles. The number of guanidine groups is 1. The first-order valence-electron chi connectivity index (χ1n) is 8.37. The summed E-state index contributed by atoms with van der Waals surface area (Å²) in [5, 5.41) is 14.6. The highest BCUT2D eigenvalue weighted by Gasteiger charge is 2.42. The molecule has 0 spiro atoms. The minimum Gasteiger partial charge on any atom is -0.353 e. The van der Waals surface area contributed by atoms with Crippen LogP contribution in [-0.4, -0.2) is 33.6 Å². The molecule has 1 aromatic carbocycles. The maximum atomic E-state index is 13.9. The zero-order chi connectivity index (χ0) is 18.1. The van der Waals surface area contributed by atoms with Gasteiger partial charge in [0, 0.05) is 30.8 Å². The van der Waals surface area contributed by atoms with Gasteiger partial charge in [-0.15, -0.1) is 10.2 Å². The predicted octanol–water partition coefficient (Wildman–Crippen LogP) is 2.23. The van der Waals surface area contributed by atoms with Gasteiger partial charge in [-0.2, -0.15) is 0 Å². The van der Waals surface area contributed by atoms with Crippen LogP contribution in [-0.2, 0) is 6.54 Å². The summed E-state index contributed by atoms with van der Waals surface area (Å²) in [5.74, 6) is 0.107. The molecular formula is C18H18F2N6. The summed E-state index contributed by atoms with van der Waals surface area (Å²) in [4.78, 5) is 4.17. The Morgan fingerprint density at radius 1 is 1.19 bits per heavy atom. The van der Waals surface area contributed by atoms with Crippen molar-refractivity contribution in [2.75, 3.05) is 7.05 Å². The number of aliphatic imine (C=N–C) groups is 1. The fraction of sp³-hybridized carbons (Fsp3) is 0.278. The number of pyridine rings is 1. The molecule has 3 aromatic rings. The second-order valence-electron chi connectivity index (χ2n) is 6.20. The van der Waals surface area contributed by atoms with E-state index in [1.807, 2.05) is 28.8 Å². The highest BCUT2D eigenvalue weighted by molar-refractivity contribution is 5.80. The molecular weight excluding hydrogens is 338 g/mol. The molecule has 2 aromatic heterocycles. The van der Waals surface area contributed by atoms with Crippen molar-refractivity contribution in [3.05, 3.63) is 65.6 Å². The van der Waals surface area contributed by atoms with Crippen LogP contribution in [0.4, 0.5) is 8.78 Å². The molecule has 0 aliphatic heterocycles. The van der Waals surface area contributed by atoms with Crippen molar-refractivity contribution in [2.45, 2.75) is 24.9 Å². The molecule has 1 fully saturated rings. The van der Waals surface area contributed by atoms with Gasteiger partial charge in [0.1, 0.15) is 11.6 Å². The third kappa shape index (κ3) is 3.10. The van der Waals surface area contributed by atoms with Crippen LogP contribution >= 0.6 is 0 Å². The molecule has 0 bridgehead atoms. The molecule has 2 N–H and O–H groups in total. The van der Waals surface area contributed by atoms with Crippen molar-refractivity contribution < 1.29 is 8.78 Å². The lowest BCUT2D eigenvalue weighted by molar-refractivity contribution is 0.553. The Morgan fingerprint density at radius 2 is 2.00 bits per heavy atom. The van der Waals surface area contributed by atoms with Gasteiger partial charge in [0.15, 0.2) is 17.4 Å². The Labute approximate surface area is 149 Å². The quantitative estimate of drug-likeness (QED) is 0.556. The normalized spacial score (nSPS) is 19.6. The molecule has 1 aliphatic rings. The predicted molar refractivity (Wildman–Crippen MR) is 93.8 cm³/mol. The summed E-state index contributed by atoms with van der Waals surface area (Å²) in [5.41, 5.74) is 0.911. The fourth-order valence-corrected chi connectivity index (χ4v) is 3.08. The SMILES string of the molecule is CN=C(NCc1nnc2ccccn12)NC1CC1c1c(F)cccc1F. The Morgan fingerprint density at radius 3 is 2.77 bits per heavy atom. The molecule has 0 amide bonds. The van der Waals surface area contributed by atoms with Crippen molar-refractivity contribution in [2.24, 2.45) is 4.99 Å². The van der Waals surface area contributed by atoms with Crippen LogP contribution in [0.5, 0.6) is 0 Å². The van der Waals surface area contributed by atoms with Crippen LogP contribution < -0.4 is 10.6 Å². The maximum absolute atomic E-state index is 13.9. The van der Waals surface area contributed by atoms with E-state index in [1.54, 1.807) is 7.05 Å². The Bertz CT molecular complexity index is 947. The third-order valence-electron chi connectivity index (χ3n) is 4.50. The van der Waals surface area contributed by atoms with E-state index in [0.29, 0.717) is 18.9 Å². The van der Waals surface area contributed by atoms with Gasteiger partial charge in [-0.05, 0) is 30.7 Å². The number of rotatable bonds is 4. The van der Waals surface area contributed by atoms with Crippen LogP contribution in [0.15, 0.2) is 47.6 Å². The third-order valence-corrected chi connectivity index (χ3v) is 4.50. The number of nitrogens with one attached hydrogen (secondary N) is 2. The number of benzene rings is 1. The maximum Gasteiger partial charge on any atom is 0.191 e. The van der Waals surface area contributed by atoms with Crippen molar-refractivity contribution in [1.82, 2.24) is 25.2 Å². The molecule has 2 unspecified atom stereocenters. The van der Waals surface area contributed by atoms with Gasteiger partial charge >= 0.3 is 0 Å². The van der Waals surface area contributed by atoms with Crippen LogP contribution in [0.25, 0.3) is 5.65 Å². The highest BCUT2D eigenvalue weighted by atomic mass is 19.1. The van der Waals surface area contributed by atoms with E-state index in [4.69, 9.17) is 0 Å². The number of hydrogen-bond acceptors (Lipinski definition) is 3. The Kier molecular flexibility index (Phi) is 4.24. The molecule has 8 heteroatoms. The first-order chi connectivity index (χ1) is 12.7. The summed E-state index contributed by atoms with van der Waals surface area (Å²) in [6.45, 7) is 0.427. The van der Waals surface area contributed by atoms with Gasteiger partial charge in [0.2, 0.25) is 0 Å². The lowest BCUT2D eigenvalue weighted by Gasteiger charge is -2.11. The zero-order valence-electron chi connectivity index (χ0n) is 14.2. The van der Waals surface area contributed by atoms with E-state index in [9.17, 15) is 8.78 Å². The van der Waals surface area contributed by atoms with Crippen molar-refractivity contribution in [3.63, 3.8) is 0 Å². The first kappa shape index (κ1) is 16.4. The lowest BCUT2D eigenvalue weighted by atomic mass is 10.1. The van der Waals surface area contributed by atoms with Gasteiger partial charge in [-0.3, -0.25) is 9.39 Å². The van der Waals surface area contributed by atoms with E-state index in [-0.39, 0.29) is 17.5 Å². The molecule has 1 saturated carbocycles. The van der Waals surface area contributed by atoms with E-state index in [2.05, 4.69) is 25.8 Å².